The van der Waals surface area contributed by atoms with Crippen LogP contribution in [0.25, 0.3) is 17.4 Å². The van der Waals surface area contributed by atoms with E-state index in [1.165, 1.54) is 32.1 Å². The van der Waals surface area contributed by atoms with Gasteiger partial charge in [0.05, 0.1) is 4.91 Å². The molecule has 1 N–H and O–H groups in total. The zero-order chi connectivity index (χ0) is 25.8. The second kappa shape index (κ2) is 12.2. The lowest BCUT2D eigenvalue weighted by atomic mass is 9.87. The molecule has 0 bridgehead atoms. The van der Waals surface area contributed by atoms with Crippen LogP contribution in [0.15, 0.2) is 45.7 Å². The van der Waals surface area contributed by atoms with Crippen LogP contribution in [0.1, 0.15) is 50.7 Å². The van der Waals surface area contributed by atoms with E-state index in [1.54, 1.807) is 23.1 Å². The highest BCUT2D eigenvalue weighted by atomic mass is 35.5. The Balaban J connectivity index is 1.14. The minimum absolute atomic E-state index is 0.270. The van der Waals surface area contributed by atoms with Crippen molar-refractivity contribution in [1.29, 1.82) is 0 Å². The molecule has 3 aliphatic rings. The van der Waals surface area contributed by atoms with Gasteiger partial charge in [0.25, 0.3) is 5.91 Å². The molecule has 9 heteroatoms. The van der Waals surface area contributed by atoms with Gasteiger partial charge >= 0.3 is 6.03 Å². The molecular formula is C28H32ClN3O3S2. The van der Waals surface area contributed by atoms with E-state index in [0.29, 0.717) is 40.5 Å². The molecule has 0 saturated carbocycles. The summed E-state index contributed by atoms with van der Waals surface area (Å²) >= 11 is 12.6. The Kier molecular flexibility index (Phi) is 8.70. The number of thioether (sulfide) groups is 1. The fourth-order valence-corrected chi connectivity index (χ4v) is 6.82. The number of halogens is 1. The second-order valence-electron chi connectivity index (χ2n) is 10.1. The van der Waals surface area contributed by atoms with Gasteiger partial charge in [0, 0.05) is 29.8 Å². The topological polar surface area (TPSA) is 65.8 Å². The standard InChI is InChI=1S/C28H32ClN3O3S2/c29-22-6-2-5-21(17-22)24-8-7-23(35-24)18-25-26(33)32(28(36)37-25)27(34)31-15-11-20(12-16-31)4-1-3-19-9-13-30-14-10-19/h2,5-8,17-20,30H,1,3-4,9-16H2/b25-18-. The van der Waals surface area contributed by atoms with E-state index >= 15 is 0 Å². The van der Waals surface area contributed by atoms with Gasteiger partial charge in [0.15, 0.2) is 4.32 Å². The van der Waals surface area contributed by atoms with E-state index in [-0.39, 0.29) is 16.3 Å². The highest BCUT2D eigenvalue weighted by molar-refractivity contribution is 8.26. The van der Waals surface area contributed by atoms with E-state index < -0.39 is 0 Å². The van der Waals surface area contributed by atoms with Crippen LogP contribution in [0.4, 0.5) is 4.79 Å². The van der Waals surface area contributed by atoms with E-state index in [2.05, 4.69) is 5.32 Å². The van der Waals surface area contributed by atoms with Crippen LogP contribution >= 0.6 is 35.6 Å². The van der Waals surface area contributed by atoms with E-state index in [0.717, 1.165) is 54.1 Å². The monoisotopic (exact) mass is 557 g/mol. The Morgan fingerprint density at radius 2 is 1.84 bits per heavy atom. The number of urea groups is 1. The summed E-state index contributed by atoms with van der Waals surface area (Å²) in [5.74, 6) is 2.32. The van der Waals surface area contributed by atoms with Gasteiger partial charge < -0.3 is 14.6 Å². The van der Waals surface area contributed by atoms with Crippen LogP contribution in [-0.2, 0) is 4.79 Å². The van der Waals surface area contributed by atoms with Crippen LogP contribution < -0.4 is 5.32 Å². The first-order chi connectivity index (χ1) is 18.0. The maximum atomic E-state index is 13.2. The molecule has 3 saturated heterocycles. The Morgan fingerprint density at radius 1 is 1.11 bits per heavy atom. The number of likely N-dealkylation sites (tertiary alicyclic amines) is 1. The number of carbonyl (C=O) groups excluding carboxylic acids is 2. The third-order valence-corrected chi connectivity index (χ3v) is 9.10. The third kappa shape index (κ3) is 6.48. The molecule has 37 heavy (non-hydrogen) atoms. The molecule has 0 radical (unpaired) electrons. The van der Waals surface area contributed by atoms with Gasteiger partial charge in [-0.25, -0.2) is 9.69 Å². The lowest BCUT2D eigenvalue weighted by Gasteiger charge is -2.34. The molecule has 3 fully saturated rings. The molecule has 4 heterocycles. The van der Waals surface area contributed by atoms with Crippen molar-refractivity contribution < 1.29 is 14.0 Å². The van der Waals surface area contributed by atoms with E-state index in [4.69, 9.17) is 28.2 Å². The lowest BCUT2D eigenvalue weighted by molar-refractivity contribution is -0.120. The minimum atomic E-state index is -0.384. The normalized spacial score (nSPS) is 20.8. The smallest absolute Gasteiger partial charge is 0.332 e. The van der Waals surface area contributed by atoms with Gasteiger partial charge in [0.2, 0.25) is 0 Å². The summed E-state index contributed by atoms with van der Waals surface area (Å²) in [6.07, 6.45) is 10.0. The Bertz CT molecular complexity index is 1180. The van der Waals surface area contributed by atoms with Crippen LogP contribution in [0.5, 0.6) is 0 Å². The molecular weight excluding hydrogens is 526 g/mol. The molecule has 3 amide bonds. The third-order valence-electron chi connectivity index (χ3n) is 7.56. The number of nitrogens with one attached hydrogen (secondary N) is 1. The van der Waals surface area contributed by atoms with Gasteiger partial charge in [-0.3, -0.25) is 4.79 Å². The number of carbonyl (C=O) groups is 2. The average Bonchev–Trinajstić information content (AvgIpc) is 3.48. The average molecular weight is 558 g/mol. The first-order valence-corrected chi connectivity index (χ1v) is 14.7. The SMILES string of the molecule is O=C1/C(=C/c2ccc(-c3cccc(Cl)c3)o2)SC(=S)N1C(=O)N1CCC(CCCC2CCNCC2)CC1. The summed E-state index contributed by atoms with van der Waals surface area (Å²) in [5, 5.41) is 4.06. The van der Waals surface area contributed by atoms with Crippen LogP contribution in [-0.4, -0.2) is 52.2 Å². The predicted octanol–water partition coefficient (Wildman–Crippen LogP) is 6.80. The van der Waals surface area contributed by atoms with Crippen LogP contribution in [0.3, 0.4) is 0 Å². The zero-order valence-corrected chi connectivity index (χ0v) is 23.2. The molecule has 1 aromatic carbocycles. The summed E-state index contributed by atoms with van der Waals surface area (Å²) in [5.41, 5.74) is 0.851. The van der Waals surface area contributed by atoms with Gasteiger partial charge in [0.1, 0.15) is 11.5 Å². The van der Waals surface area contributed by atoms with Crippen LogP contribution in [0.2, 0.25) is 5.02 Å². The molecule has 0 aliphatic carbocycles. The van der Waals surface area contributed by atoms with Crippen molar-refractivity contribution in [2.24, 2.45) is 11.8 Å². The van der Waals surface area contributed by atoms with Crippen LogP contribution in [0, 0.1) is 11.8 Å². The van der Waals surface area contributed by atoms with Crippen molar-refractivity contribution in [3.8, 4) is 11.3 Å². The van der Waals surface area contributed by atoms with Crippen molar-refractivity contribution in [1.82, 2.24) is 15.1 Å². The molecule has 0 spiro atoms. The lowest BCUT2D eigenvalue weighted by Crippen LogP contribution is -2.48. The number of furan rings is 1. The predicted molar refractivity (Wildman–Crippen MR) is 153 cm³/mol. The summed E-state index contributed by atoms with van der Waals surface area (Å²) in [4.78, 5) is 29.7. The molecule has 196 valence electrons. The van der Waals surface area contributed by atoms with Gasteiger partial charge in [-0.15, -0.1) is 0 Å². The molecule has 0 atom stereocenters. The largest absolute Gasteiger partial charge is 0.457 e. The van der Waals surface area contributed by atoms with E-state index in [1.807, 2.05) is 24.3 Å². The molecule has 2 aromatic rings. The van der Waals surface area contributed by atoms with E-state index in [9.17, 15) is 9.59 Å². The summed E-state index contributed by atoms with van der Waals surface area (Å²) in [7, 11) is 0. The highest BCUT2D eigenvalue weighted by Crippen LogP contribution is 2.35. The summed E-state index contributed by atoms with van der Waals surface area (Å²) in [6, 6.07) is 10.7. The number of imide groups is 1. The Hall–Kier alpha value is -2.13. The fraction of sp³-hybridized carbons (Fsp3) is 0.464. The first kappa shape index (κ1) is 26.5. The van der Waals surface area contributed by atoms with Crippen molar-refractivity contribution in [3.63, 3.8) is 0 Å². The summed E-state index contributed by atoms with van der Waals surface area (Å²) in [6.45, 7) is 3.66. The Labute approximate surface area is 232 Å². The first-order valence-electron chi connectivity index (χ1n) is 13.1. The molecule has 1 aromatic heterocycles. The van der Waals surface area contributed by atoms with Crippen molar-refractivity contribution in [3.05, 3.63) is 52.1 Å². The molecule has 5 rings (SSSR count). The number of piperidine rings is 2. The van der Waals surface area contributed by atoms with Gasteiger partial charge in [-0.2, -0.15) is 0 Å². The number of hydrogen-bond acceptors (Lipinski definition) is 6. The summed E-state index contributed by atoms with van der Waals surface area (Å²) < 4.78 is 6.17. The van der Waals surface area contributed by atoms with Gasteiger partial charge in [-0.1, -0.05) is 67.0 Å². The minimum Gasteiger partial charge on any atom is -0.457 e. The molecule has 0 unspecified atom stereocenters. The zero-order valence-electron chi connectivity index (χ0n) is 20.8. The number of rotatable bonds is 6. The maximum Gasteiger partial charge on any atom is 0.332 e. The van der Waals surface area contributed by atoms with Gasteiger partial charge in [-0.05, 0) is 74.9 Å². The number of benzene rings is 1. The maximum absolute atomic E-state index is 13.2. The quantitative estimate of drug-likeness (QED) is 0.311. The van der Waals surface area contributed by atoms with Crippen molar-refractivity contribution in [2.75, 3.05) is 26.2 Å². The number of amides is 3. The Morgan fingerprint density at radius 3 is 2.57 bits per heavy atom. The van der Waals surface area contributed by atoms with Crippen molar-refractivity contribution >= 4 is 57.9 Å². The number of nitrogens with zero attached hydrogens (tertiary/aromatic N) is 2. The number of thiocarbonyl (C=S) groups is 1. The molecule has 6 nitrogen and oxygen atoms in total. The fourth-order valence-electron chi connectivity index (χ4n) is 5.41. The number of hydrogen-bond donors (Lipinski definition) is 1. The van der Waals surface area contributed by atoms with Crippen molar-refractivity contribution in [2.45, 2.75) is 44.9 Å². The highest BCUT2D eigenvalue weighted by Gasteiger charge is 2.40. The molecule has 3 aliphatic heterocycles. The second-order valence-corrected chi connectivity index (χ2v) is 12.2.